The molecule has 0 radical (unpaired) electrons. The first-order valence-corrected chi connectivity index (χ1v) is 13.7. The zero-order valence-electron chi connectivity index (χ0n) is 16.0. The highest BCUT2D eigenvalue weighted by atomic mass is 35.5. The van der Waals surface area contributed by atoms with Crippen LogP contribution in [0.25, 0.3) is 11.0 Å². The Kier molecular flexibility index (Phi) is 6.47. The van der Waals surface area contributed by atoms with Gasteiger partial charge in [0.15, 0.2) is 0 Å². The lowest BCUT2D eigenvalue weighted by Gasteiger charge is -2.15. The first kappa shape index (κ1) is 20.2. The van der Waals surface area contributed by atoms with E-state index in [1.165, 1.54) is 6.33 Å². The summed E-state index contributed by atoms with van der Waals surface area (Å²) in [4.78, 5) is 10.6. The van der Waals surface area contributed by atoms with Crippen LogP contribution in [-0.4, -0.2) is 36.3 Å². The topological polar surface area (TPSA) is 49.2 Å². The van der Waals surface area contributed by atoms with Gasteiger partial charge in [-0.3, -0.25) is 0 Å². The number of aromatic nitrogens is 3. The fourth-order valence-electron chi connectivity index (χ4n) is 2.56. The summed E-state index contributed by atoms with van der Waals surface area (Å²) >= 11 is 7.99. The van der Waals surface area contributed by atoms with E-state index in [-0.39, 0.29) is 0 Å². The highest BCUT2D eigenvalue weighted by Crippen LogP contribution is 2.38. The number of benzene rings is 1. The van der Waals surface area contributed by atoms with Crippen molar-refractivity contribution in [1.82, 2.24) is 14.5 Å². The van der Waals surface area contributed by atoms with Gasteiger partial charge in [-0.2, -0.15) is 0 Å². The van der Waals surface area contributed by atoms with Gasteiger partial charge in [-0.15, -0.1) is 0 Å². The second-order valence-corrected chi connectivity index (χ2v) is 14.5. The summed E-state index contributed by atoms with van der Waals surface area (Å²) < 4.78 is 13.2. The number of ether oxygens (including phenoxy) is 2. The highest BCUT2D eigenvalue weighted by Gasteiger charge is 2.16. The van der Waals surface area contributed by atoms with Crippen molar-refractivity contribution in [2.24, 2.45) is 0 Å². The molecule has 0 aliphatic heterocycles. The predicted molar refractivity (Wildman–Crippen MR) is 114 cm³/mol. The van der Waals surface area contributed by atoms with Crippen LogP contribution >= 0.6 is 23.4 Å². The van der Waals surface area contributed by atoms with Crippen molar-refractivity contribution < 1.29 is 9.47 Å². The Bertz CT molecular complexity index is 927. The van der Waals surface area contributed by atoms with E-state index in [0.29, 0.717) is 11.9 Å². The van der Waals surface area contributed by atoms with Crippen LogP contribution in [-0.2, 0) is 11.5 Å². The van der Waals surface area contributed by atoms with Gasteiger partial charge in [-0.25, -0.2) is 9.97 Å². The summed E-state index contributed by atoms with van der Waals surface area (Å²) in [5.41, 5.74) is 0.786. The van der Waals surface area contributed by atoms with Crippen LogP contribution < -0.4 is 4.74 Å². The van der Waals surface area contributed by atoms with Crippen LogP contribution in [0, 0.1) is 0 Å². The molecule has 0 saturated carbocycles. The fourth-order valence-corrected chi connectivity index (χ4v) is 4.65. The molecular formula is C19H24ClN3O2SSi. The molecule has 0 atom stereocenters. The Morgan fingerprint density at radius 1 is 1.22 bits per heavy atom. The van der Waals surface area contributed by atoms with E-state index in [4.69, 9.17) is 21.1 Å². The number of halogens is 1. The van der Waals surface area contributed by atoms with Crippen molar-refractivity contribution >= 4 is 42.5 Å². The van der Waals surface area contributed by atoms with Crippen LogP contribution in [0.2, 0.25) is 30.8 Å². The predicted octanol–water partition coefficient (Wildman–Crippen LogP) is 5.56. The molecule has 0 aliphatic carbocycles. The van der Waals surface area contributed by atoms with Gasteiger partial charge >= 0.3 is 0 Å². The van der Waals surface area contributed by atoms with Gasteiger partial charge < -0.3 is 14.0 Å². The molecule has 0 saturated heterocycles. The van der Waals surface area contributed by atoms with Crippen molar-refractivity contribution in [2.45, 2.75) is 42.2 Å². The summed E-state index contributed by atoms with van der Waals surface area (Å²) in [5, 5.41) is 1.30. The monoisotopic (exact) mass is 421 g/mol. The van der Waals surface area contributed by atoms with E-state index < -0.39 is 8.07 Å². The molecule has 3 aromatic rings. The van der Waals surface area contributed by atoms with Crippen LogP contribution in [0.4, 0.5) is 0 Å². The quantitative estimate of drug-likeness (QED) is 0.271. The van der Waals surface area contributed by atoms with Gasteiger partial charge in [0.25, 0.3) is 0 Å². The lowest BCUT2D eigenvalue weighted by Crippen LogP contribution is -2.22. The zero-order valence-corrected chi connectivity index (χ0v) is 18.6. The number of hydrogen-bond donors (Lipinski definition) is 0. The lowest BCUT2D eigenvalue weighted by molar-refractivity contribution is 0.0896. The SMILES string of the molecule is COc1cccc(Sc2cn(COCC[Si](C)(C)C)c3ncnc(Cl)c23)c1. The minimum Gasteiger partial charge on any atom is -0.497 e. The Hall–Kier alpha value is -1.54. The van der Waals surface area contributed by atoms with Crippen molar-refractivity contribution in [2.75, 3.05) is 13.7 Å². The summed E-state index contributed by atoms with van der Waals surface area (Å²) in [6.07, 6.45) is 3.52. The van der Waals surface area contributed by atoms with Crippen LogP contribution in [0.15, 0.2) is 46.6 Å². The number of methoxy groups -OCH3 is 1. The first-order chi connectivity index (χ1) is 12.9. The van der Waals surface area contributed by atoms with Crippen molar-refractivity contribution in [1.29, 1.82) is 0 Å². The lowest BCUT2D eigenvalue weighted by atomic mass is 10.3. The molecule has 27 heavy (non-hydrogen) atoms. The van der Waals surface area contributed by atoms with E-state index in [1.807, 2.05) is 35.0 Å². The third-order valence-electron chi connectivity index (χ3n) is 4.07. The summed E-state index contributed by atoms with van der Waals surface area (Å²) in [6, 6.07) is 9.07. The zero-order chi connectivity index (χ0) is 19.4. The van der Waals surface area contributed by atoms with E-state index in [2.05, 4.69) is 29.6 Å². The highest BCUT2D eigenvalue weighted by molar-refractivity contribution is 7.99. The van der Waals surface area contributed by atoms with E-state index >= 15 is 0 Å². The molecule has 0 unspecified atom stereocenters. The Labute approximate surface area is 170 Å². The van der Waals surface area contributed by atoms with Gasteiger partial charge in [0, 0.05) is 30.7 Å². The molecule has 144 valence electrons. The second kappa shape index (κ2) is 8.64. The minimum absolute atomic E-state index is 0.450. The number of rotatable bonds is 8. The molecule has 1 aromatic carbocycles. The molecule has 8 heteroatoms. The summed E-state index contributed by atoms with van der Waals surface area (Å²) in [5.74, 6) is 0.820. The van der Waals surface area contributed by atoms with Crippen molar-refractivity contribution in [3.8, 4) is 5.75 Å². The Morgan fingerprint density at radius 2 is 2.04 bits per heavy atom. The van der Waals surface area contributed by atoms with Gasteiger partial charge in [-0.05, 0) is 24.2 Å². The van der Waals surface area contributed by atoms with Crippen LogP contribution in [0.5, 0.6) is 5.75 Å². The van der Waals surface area contributed by atoms with Crippen molar-refractivity contribution in [3.05, 3.63) is 41.9 Å². The molecule has 0 amide bonds. The molecule has 3 rings (SSSR count). The summed E-state index contributed by atoms with van der Waals surface area (Å²) in [6.45, 7) is 8.24. The molecular weight excluding hydrogens is 398 g/mol. The van der Waals surface area contributed by atoms with Gasteiger partial charge in [-0.1, -0.05) is 49.1 Å². The Morgan fingerprint density at radius 3 is 2.78 bits per heavy atom. The molecule has 0 spiro atoms. The molecule has 0 aliphatic rings. The largest absolute Gasteiger partial charge is 0.497 e. The maximum Gasteiger partial charge on any atom is 0.147 e. The number of hydrogen-bond acceptors (Lipinski definition) is 5. The van der Waals surface area contributed by atoms with Gasteiger partial charge in [0.05, 0.1) is 12.5 Å². The molecule has 0 bridgehead atoms. The average molecular weight is 422 g/mol. The molecule has 2 aromatic heterocycles. The van der Waals surface area contributed by atoms with E-state index in [1.54, 1.807) is 18.9 Å². The smallest absolute Gasteiger partial charge is 0.147 e. The normalized spacial score (nSPS) is 11.9. The maximum atomic E-state index is 6.38. The van der Waals surface area contributed by atoms with E-state index in [9.17, 15) is 0 Å². The standard InChI is InChI=1S/C19H24ClN3O2SSi/c1-24-14-6-5-7-15(10-14)26-16-11-23(13-25-8-9-27(2,3)4)19-17(16)18(20)21-12-22-19/h5-7,10-12H,8-9,13H2,1-4H3. The van der Waals surface area contributed by atoms with Gasteiger partial charge in [0.1, 0.15) is 29.6 Å². The third kappa shape index (κ3) is 5.25. The molecule has 5 nitrogen and oxygen atoms in total. The number of fused-ring (bicyclic) bond motifs is 1. The second-order valence-electron chi connectivity index (χ2n) is 7.46. The minimum atomic E-state index is -1.11. The molecule has 0 N–H and O–H groups in total. The van der Waals surface area contributed by atoms with Crippen molar-refractivity contribution in [3.63, 3.8) is 0 Å². The Balaban J connectivity index is 1.84. The summed E-state index contributed by atoms with van der Waals surface area (Å²) in [7, 11) is 0.555. The van der Waals surface area contributed by atoms with Crippen LogP contribution in [0.1, 0.15) is 0 Å². The first-order valence-electron chi connectivity index (χ1n) is 8.76. The van der Waals surface area contributed by atoms with E-state index in [0.717, 1.165) is 39.2 Å². The molecule has 0 fully saturated rings. The fraction of sp³-hybridized carbons (Fsp3) is 0.368. The average Bonchev–Trinajstić information content (AvgIpc) is 2.97. The van der Waals surface area contributed by atoms with Gasteiger partial charge in [0.2, 0.25) is 0 Å². The maximum absolute atomic E-state index is 6.38. The van der Waals surface area contributed by atoms with Crippen LogP contribution in [0.3, 0.4) is 0 Å². The number of nitrogens with zero attached hydrogens (tertiary/aromatic N) is 3. The third-order valence-corrected chi connectivity index (χ3v) is 7.08. The molecule has 2 heterocycles.